The lowest BCUT2D eigenvalue weighted by atomic mass is 10.1. The molecule has 0 atom stereocenters. The second kappa shape index (κ2) is 8.15. The van der Waals surface area contributed by atoms with Crippen LogP contribution in [-0.2, 0) is 13.0 Å². The molecule has 1 N–H and O–H groups in total. The first-order valence-corrected chi connectivity index (χ1v) is 7.84. The van der Waals surface area contributed by atoms with Crippen molar-refractivity contribution in [1.29, 1.82) is 0 Å². The van der Waals surface area contributed by atoms with Gasteiger partial charge in [0, 0.05) is 4.47 Å². The van der Waals surface area contributed by atoms with Crippen molar-refractivity contribution in [2.24, 2.45) is 0 Å². The molecule has 0 radical (unpaired) electrons. The predicted octanol–water partition coefficient (Wildman–Crippen LogP) is 4.32. The van der Waals surface area contributed by atoms with E-state index in [1.54, 1.807) is 12.1 Å². The molecule has 0 spiro atoms. The largest absolute Gasteiger partial charge is 0.486 e. The van der Waals surface area contributed by atoms with Gasteiger partial charge in [-0.15, -0.1) is 0 Å². The van der Waals surface area contributed by atoms with Gasteiger partial charge in [-0.3, -0.25) is 0 Å². The smallest absolute Gasteiger partial charge is 0.166 e. The first kappa shape index (κ1) is 16.0. The molecule has 2 aromatic carbocycles. The standard InChI is InChI=1S/C17H19BrFNO/c1-2-20-10-9-13-3-5-14(6-4-13)12-21-17-8-7-15(18)11-16(17)19/h3-8,11,20H,2,9-10,12H2,1H3. The van der Waals surface area contributed by atoms with Crippen molar-refractivity contribution in [3.05, 3.63) is 63.9 Å². The van der Waals surface area contributed by atoms with Gasteiger partial charge in [0.25, 0.3) is 0 Å². The van der Waals surface area contributed by atoms with Crippen LogP contribution in [0.3, 0.4) is 0 Å². The monoisotopic (exact) mass is 351 g/mol. The molecule has 4 heteroatoms. The summed E-state index contributed by atoms with van der Waals surface area (Å²) in [6.45, 7) is 4.44. The van der Waals surface area contributed by atoms with Gasteiger partial charge < -0.3 is 10.1 Å². The van der Waals surface area contributed by atoms with Gasteiger partial charge in [0.2, 0.25) is 0 Å². The van der Waals surface area contributed by atoms with Gasteiger partial charge in [-0.2, -0.15) is 0 Å². The van der Waals surface area contributed by atoms with Gasteiger partial charge in [0.15, 0.2) is 11.6 Å². The summed E-state index contributed by atoms with van der Waals surface area (Å²) in [6, 6.07) is 13.0. The van der Waals surface area contributed by atoms with Crippen LogP contribution in [0.1, 0.15) is 18.1 Å². The Bertz CT molecular complexity index is 572. The summed E-state index contributed by atoms with van der Waals surface area (Å²) in [7, 11) is 0. The van der Waals surface area contributed by atoms with Crippen LogP contribution in [0, 0.1) is 5.82 Å². The molecule has 2 nitrogen and oxygen atoms in total. The van der Waals surface area contributed by atoms with E-state index in [4.69, 9.17) is 4.74 Å². The first-order chi connectivity index (χ1) is 10.2. The minimum atomic E-state index is -0.355. The van der Waals surface area contributed by atoms with Crippen molar-refractivity contribution < 1.29 is 9.13 Å². The van der Waals surface area contributed by atoms with E-state index in [1.165, 1.54) is 11.6 Å². The van der Waals surface area contributed by atoms with Gasteiger partial charge in [-0.05, 0) is 48.8 Å². The van der Waals surface area contributed by atoms with Crippen LogP contribution in [0.4, 0.5) is 4.39 Å². The fraction of sp³-hybridized carbons (Fsp3) is 0.294. The van der Waals surface area contributed by atoms with Crippen molar-refractivity contribution >= 4 is 15.9 Å². The van der Waals surface area contributed by atoms with E-state index >= 15 is 0 Å². The minimum Gasteiger partial charge on any atom is -0.486 e. The number of hydrogen-bond donors (Lipinski definition) is 1. The van der Waals surface area contributed by atoms with Crippen LogP contribution in [0.5, 0.6) is 5.75 Å². The number of benzene rings is 2. The molecule has 0 unspecified atom stereocenters. The maximum atomic E-state index is 13.6. The Morgan fingerprint density at radius 2 is 1.81 bits per heavy atom. The number of likely N-dealkylation sites (N-methyl/N-ethyl adjacent to an activating group) is 1. The second-order valence-corrected chi connectivity index (χ2v) is 5.70. The van der Waals surface area contributed by atoms with Crippen molar-refractivity contribution in [2.75, 3.05) is 13.1 Å². The van der Waals surface area contributed by atoms with Crippen LogP contribution < -0.4 is 10.1 Å². The van der Waals surface area contributed by atoms with E-state index in [2.05, 4.69) is 40.3 Å². The number of halogens is 2. The van der Waals surface area contributed by atoms with E-state index < -0.39 is 0 Å². The Morgan fingerprint density at radius 1 is 1.10 bits per heavy atom. The maximum Gasteiger partial charge on any atom is 0.166 e. The zero-order valence-electron chi connectivity index (χ0n) is 12.0. The van der Waals surface area contributed by atoms with E-state index in [0.717, 1.165) is 25.1 Å². The lowest BCUT2D eigenvalue weighted by molar-refractivity contribution is 0.290. The van der Waals surface area contributed by atoms with Crippen LogP contribution in [-0.4, -0.2) is 13.1 Å². The molecule has 0 aliphatic rings. The fourth-order valence-corrected chi connectivity index (χ4v) is 2.30. The Labute approximate surface area is 133 Å². The summed E-state index contributed by atoms with van der Waals surface area (Å²) in [5.74, 6) is -0.0824. The predicted molar refractivity (Wildman–Crippen MR) is 87.1 cm³/mol. The number of nitrogens with one attached hydrogen (secondary N) is 1. The van der Waals surface area contributed by atoms with Crippen LogP contribution in [0.15, 0.2) is 46.9 Å². The third-order valence-electron chi connectivity index (χ3n) is 3.15. The molecular weight excluding hydrogens is 333 g/mol. The second-order valence-electron chi connectivity index (χ2n) is 4.78. The van der Waals surface area contributed by atoms with E-state index in [1.807, 2.05) is 12.1 Å². The molecule has 21 heavy (non-hydrogen) atoms. The van der Waals surface area contributed by atoms with Crippen LogP contribution >= 0.6 is 15.9 Å². The van der Waals surface area contributed by atoms with Gasteiger partial charge in [0.05, 0.1) is 0 Å². The molecule has 2 rings (SSSR count). The molecule has 0 amide bonds. The minimum absolute atomic E-state index is 0.273. The Hall–Kier alpha value is -1.39. The summed E-state index contributed by atoms with van der Waals surface area (Å²) >= 11 is 3.23. The Morgan fingerprint density at radius 3 is 2.48 bits per heavy atom. The fourth-order valence-electron chi connectivity index (χ4n) is 1.97. The summed E-state index contributed by atoms with van der Waals surface area (Å²) in [4.78, 5) is 0. The van der Waals surface area contributed by atoms with Gasteiger partial charge >= 0.3 is 0 Å². The van der Waals surface area contributed by atoms with Crippen molar-refractivity contribution in [3.63, 3.8) is 0 Å². The molecule has 2 aromatic rings. The lowest BCUT2D eigenvalue weighted by Crippen LogP contribution is -2.15. The van der Waals surface area contributed by atoms with Crippen molar-refractivity contribution in [3.8, 4) is 5.75 Å². The summed E-state index contributed by atoms with van der Waals surface area (Å²) in [5, 5.41) is 3.30. The topological polar surface area (TPSA) is 21.3 Å². The van der Waals surface area contributed by atoms with Gasteiger partial charge in [-0.25, -0.2) is 4.39 Å². The molecule has 0 aliphatic carbocycles. The van der Waals surface area contributed by atoms with Crippen LogP contribution in [0.2, 0.25) is 0 Å². The Kier molecular flexibility index (Phi) is 6.21. The number of rotatable bonds is 7. The molecule has 0 aliphatic heterocycles. The Balaban J connectivity index is 1.88. The summed E-state index contributed by atoms with van der Waals surface area (Å²) in [6.07, 6.45) is 1.01. The third kappa shape index (κ3) is 5.14. The third-order valence-corrected chi connectivity index (χ3v) is 3.64. The molecule has 0 bridgehead atoms. The molecular formula is C17H19BrFNO. The zero-order chi connectivity index (χ0) is 15.1. The van der Waals surface area contributed by atoms with Gasteiger partial charge in [-0.1, -0.05) is 47.1 Å². The number of ether oxygens (including phenoxy) is 1. The van der Waals surface area contributed by atoms with Crippen molar-refractivity contribution in [1.82, 2.24) is 5.32 Å². The highest BCUT2D eigenvalue weighted by atomic mass is 79.9. The molecule has 0 aromatic heterocycles. The van der Waals surface area contributed by atoms with E-state index in [-0.39, 0.29) is 11.6 Å². The van der Waals surface area contributed by atoms with E-state index in [0.29, 0.717) is 11.1 Å². The average Bonchev–Trinajstić information content (AvgIpc) is 2.48. The SMILES string of the molecule is CCNCCc1ccc(COc2ccc(Br)cc2F)cc1. The summed E-state index contributed by atoms with van der Waals surface area (Å²) < 4.78 is 19.8. The van der Waals surface area contributed by atoms with Crippen molar-refractivity contribution in [2.45, 2.75) is 20.0 Å². The van der Waals surface area contributed by atoms with Crippen LogP contribution in [0.25, 0.3) is 0 Å². The molecule has 0 heterocycles. The normalized spacial score (nSPS) is 10.6. The quantitative estimate of drug-likeness (QED) is 0.750. The highest BCUT2D eigenvalue weighted by Crippen LogP contribution is 2.22. The molecule has 112 valence electrons. The highest BCUT2D eigenvalue weighted by Gasteiger charge is 2.04. The highest BCUT2D eigenvalue weighted by molar-refractivity contribution is 9.10. The molecule has 0 saturated carbocycles. The number of hydrogen-bond acceptors (Lipinski definition) is 2. The summed E-state index contributed by atoms with van der Waals surface area (Å²) in [5.41, 5.74) is 2.32. The first-order valence-electron chi connectivity index (χ1n) is 7.05. The zero-order valence-corrected chi connectivity index (χ0v) is 13.6. The molecule has 0 saturated heterocycles. The average molecular weight is 352 g/mol. The lowest BCUT2D eigenvalue weighted by Gasteiger charge is -2.08. The molecule has 0 fully saturated rings. The van der Waals surface area contributed by atoms with E-state index in [9.17, 15) is 4.39 Å². The van der Waals surface area contributed by atoms with Gasteiger partial charge in [0.1, 0.15) is 6.61 Å². The maximum absolute atomic E-state index is 13.6.